The summed E-state index contributed by atoms with van der Waals surface area (Å²) in [5.41, 5.74) is -0.388. The van der Waals surface area contributed by atoms with Crippen LogP contribution in [0.3, 0.4) is 0 Å². The lowest BCUT2D eigenvalue weighted by molar-refractivity contribution is -0.161. The SMILES string of the molecule is CC(C)(C)OC(=O)C1CCC(N2CCC(=O)CC2)CC1. The molecule has 0 aromatic rings. The van der Waals surface area contributed by atoms with Gasteiger partial charge in [-0.3, -0.25) is 14.5 Å². The van der Waals surface area contributed by atoms with Gasteiger partial charge in [-0.25, -0.2) is 0 Å². The Morgan fingerprint density at radius 3 is 2.15 bits per heavy atom. The second-order valence-electron chi connectivity index (χ2n) is 7.11. The van der Waals surface area contributed by atoms with Crippen LogP contribution in [0.2, 0.25) is 0 Å². The molecule has 20 heavy (non-hydrogen) atoms. The van der Waals surface area contributed by atoms with Gasteiger partial charge in [0, 0.05) is 32.0 Å². The van der Waals surface area contributed by atoms with Crippen molar-refractivity contribution in [3.63, 3.8) is 0 Å². The zero-order valence-corrected chi connectivity index (χ0v) is 13.0. The molecule has 1 aliphatic heterocycles. The molecule has 1 saturated heterocycles. The van der Waals surface area contributed by atoms with Crippen molar-refractivity contribution >= 4 is 11.8 Å². The summed E-state index contributed by atoms with van der Waals surface area (Å²) in [7, 11) is 0. The van der Waals surface area contributed by atoms with E-state index in [1.54, 1.807) is 0 Å². The van der Waals surface area contributed by atoms with Gasteiger partial charge in [0.2, 0.25) is 0 Å². The third-order valence-electron chi connectivity index (χ3n) is 4.31. The van der Waals surface area contributed by atoms with Crippen LogP contribution in [-0.4, -0.2) is 41.4 Å². The number of carbonyl (C=O) groups excluding carboxylic acids is 2. The summed E-state index contributed by atoms with van der Waals surface area (Å²) in [6.45, 7) is 7.56. The molecule has 1 aliphatic carbocycles. The lowest BCUT2D eigenvalue weighted by Crippen LogP contribution is -2.44. The zero-order chi connectivity index (χ0) is 14.8. The number of hydrogen-bond acceptors (Lipinski definition) is 4. The first kappa shape index (κ1) is 15.5. The maximum Gasteiger partial charge on any atom is 0.309 e. The van der Waals surface area contributed by atoms with E-state index in [2.05, 4.69) is 4.90 Å². The average molecular weight is 281 g/mol. The lowest BCUT2D eigenvalue weighted by Gasteiger charge is -2.38. The Morgan fingerprint density at radius 1 is 1.10 bits per heavy atom. The van der Waals surface area contributed by atoms with E-state index >= 15 is 0 Å². The highest BCUT2D eigenvalue weighted by molar-refractivity contribution is 5.79. The molecule has 0 amide bonds. The summed E-state index contributed by atoms with van der Waals surface area (Å²) in [5, 5.41) is 0. The van der Waals surface area contributed by atoms with E-state index in [-0.39, 0.29) is 17.5 Å². The lowest BCUT2D eigenvalue weighted by atomic mass is 9.84. The van der Waals surface area contributed by atoms with Crippen molar-refractivity contribution in [2.45, 2.75) is 70.9 Å². The van der Waals surface area contributed by atoms with Gasteiger partial charge in [0.05, 0.1) is 5.92 Å². The van der Waals surface area contributed by atoms with Gasteiger partial charge in [0.25, 0.3) is 0 Å². The van der Waals surface area contributed by atoms with Crippen LogP contribution in [0.5, 0.6) is 0 Å². The molecule has 4 heteroatoms. The minimum atomic E-state index is -0.388. The fourth-order valence-electron chi connectivity index (χ4n) is 3.20. The van der Waals surface area contributed by atoms with Gasteiger partial charge in [-0.15, -0.1) is 0 Å². The van der Waals surface area contributed by atoms with Crippen LogP contribution in [0.25, 0.3) is 0 Å². The predicted octanol–water partition coefficient (Wildman–Crippen LogP) is 2.55. The van der Waals surface area contributed by atoms with Crippen molar-refractivity contribution in [2.75, 3.05) is 13.1 Å². The summed E-state index contributed by atoms with van der Waals surface area (Å²) >= 11 is 0. The second-order valence-corrected chi connectivity index (χ2v) is 7.11. The third-order valence-corrected chi connectivity index (χ3v) is 4.31. The van der Waals surface area contributed by atoms with Gasteiger partial charge < -0.3 is 4.74 Å². The second kappa shape index (κ2) is 6.25. The van der Waals surface area contributed by atoms with Gasteiger partial charge in [-0.1, -0.05) is 0 Å². The van der Waals surface area contributed by atoms with E-state index in [1.165, 1.54) is 0 Å². The Morgan fingerprint density at radius 2 is 1.65 bits per heavy atom. The Balaban J connectivity index is 1.77. The molecule has 0 bridgehead atoms. The molecule has 0 atom stereocenters. The summed E-state index contributed by atoms with van der Waals surface area (Å²) in [6, 6.07) is 0.557. The monoisotopic (exact) mass is 281 g/mol. The van der Waals surface area contributed by atoms with Crippen LogP contribution in [0, 0.1) is 5.92 Å². The largest absolute Gasteiger partial charge is 0.460 e. The number of esters is 1. The highest BCUT2D eigenvalue weighted by atomic mass is 16.6. The number of carbonyl (C=O) groups is 2. The molecular weight excluding hydrogens is 254 g/mol. The van der Waals surface area contributed by atoms with E-state index in [9.17, 15) is 9.59 Å². The zero-order valence-electron chi connectivity index (χ0n) is 13.0. The van der Waals surface area contributed by atoms with E-state index in [0.29, 0.717) is 24.7 Å². The van der Waals surface area contributed by atoms with Crippen molar-refractivity contribution in [1.82, 2.24) is 4.90 Å². The molecule has 1 saturated carbocycles. The predicted molar refractivity (Wildman–Crippen MR) is 77.4 cm³/mol. The van der Waals surface area contributed by atoms with E-state index in [0.717, 1.165) is 38.8 Å². The van der Waals surface area contributed by atoms with Gasteiger partial charge in [-0.05, 0) is 46.5 Å². The number of nitrogens with zero attached hydrogens (tertiary/aromatic N) is 1. The average Bonchev–Trinajstić information content (AvgIpc) is 2.38. The van der Waals surface area contributed by atoms with Crippen LogP contribution in [0.4, 0.5) is 0 Å². The van der Waals surface area contributed by atoms with E-state index in [1.807, 2.05) is 20.8 Å². The molecule has 0 aromatic heterocycles. The Labute approximate surface area is 121 Å². The molecular formula is C16H27NO3. The molecule has 2 rings (SSSR count). The molecule has 0 spiro atoms. The number of hydrogen-bond donors (Lipinski definition) is 0. The molecule has 4 nitrogen and oxygen atoms in total. The molecule has 0 unspecified atom stereocenters. The highest BCUT2D eigenvalue weighted by Crippen LogP contribution is 2.30. The van der Waals surface area contributed by atoms with Crippen LogP contribution >= 0.6 is 0 Å². The summed E-state index contributed by atoms with van der Waals surface area (Å²) in [6.07, 6.45) is 5.35. The van der Waals surface area contributed by atoms with Gasteiger partial charge >= 0.3 is 5.97 Å². The van der Waals surface area contributed by atoms with E-state index < -0.39 is 0 Å². The quantitative estimate of drug-likeness (QED) is 0.730. The van der Waals surface area contributed by atoms with Crippen LogP contribution in [-0.2, 0) is 14.3 Å². The molecule has 0 aromatic carbocycles. The van der Waals surface area contributed by atoms with Crippen LogP contribution in [0.15, 0.2) is 0 Å². The fourth-order valence-corrected chi connectivity index (χ4v) is 3.20. The molecule has 0 radical (unpaired) electrons. The van der Waals surface area contributed by atoms with Crippen LogP contribution < -0.4 is 0 Å². The van der Waals surface area contributed by atoms with Crippen molar-refractivity contribution in [1.29, 1.82) is 0 Å². The minimum Gasteiger partial charge on any atom is -0.460 e. The van der Waals surface area contributed by atoms with Gasteiger partial charge in [0.15, 0.2) is 0 Å². The normalized spacial score (nSPS) is 29.2. The first-order valence-electron chi connectivity index (χ1n) is 7.84. The Bertz CT molecular complexity index is 354. The maximum atomic E-state index is 12.1. The summed E-state index contributed by atoms with van der Waals surface area (Å²) in [5.74, 6) is 0.422. The van der Waals surface area contributed by atoms with Gasteiger partial charge in [0.1, 0.15) is 11.4 Å². The number of ketones is 1. The standard InChI is InChI=1S/C16H27NO3/c1-16(2,3)20-15(19)12-4-6-13(7-5-12)17-10-8-14(18)9-11-17/h12-13H,4-11H2,1-3H3. The van der Waals surface area contributed by atoms with E-state index in [4.69, 9.17) is 4.74 Å². The first-order valence-corrected chi connectivity index (χ1v) is 7.84. The topological polar surface area (TPSA) is 46.6 Å². The fraction of sp³-hybridized carbons (Fsp3) is 0.875. The van der Waals surface area contributed by atoms with Crippen molar-refractivity contribution in [2.24, 2.45) is 5.92 Å². The summed E-state index contributed by atoms with van der Waals surface area (Å²) in [4.78, 5) is 25.8. The number of rotatable bonds is 2. The number of ether oxygens (including phenoxy) is 1. The molecule has 0 N–H and O–H groups in total. The van der Waals surface area contributed by atoms with Crippen molar-refractivity contribution < 1.29 is 14.3 Å². The Kier molecular flexibility index (Phi) is 4.84. The molecule has 114 valence electrons. The molecule has 1 heterocycles. The molecule has 2 aliphatic rings. The number of piperidine rings is 1. The summed E-state index contributed by atoms with van der Waals surface area (Å²) < 4.78 is 5.47. The number of likely N-dealkylation sites (tertiary alicyclic amines) is 1. The molecule has 2 fully saturated rings. The highest BCUT2D eigenvalue weighted by Gasteiger charge is 2.33. The van der Waals surface area contributed by atoms with Crippen molar-refractivity contribution in [3.8, 4) is 0 Å². The smallest absolute Gasteiger partial charge is 0.309 e. The number of Topliss-reactive ketones (excluding diaryl/α,β-unsaturated/α-hetero) is 1. The Hall–Kier alpha value is -0.900. The minimum absolute atomic E-state index is 0.0372. The van der Waals surface area contributed by atoms with Gasteiger partial charge in [-0.2, -0.15) is 0 Å². The third kappa shape index (κ3) is 4.30. The van der Waals surface area contributed by atoms with Crippen LogP contribution in [0.1, 0.15) is 59.3 Å². The maximum absolute atomic E-state index is 12.1. The van der Waals surface area contributed by atoms with Crippen molar-refractivity contribution in [3.05, 3.63) is 0 Å². The first-order chi connectivity index (χ1) is 9.35.